The zero-order valence-corrected chi connectivity index (χ0v) is 25.6. The SMILES string of the molecule is CCCCON1C(=O)N2C[C@@H]1CC[C@H]2c1nnc(CN(C(=O)OC(C)(C)C)C2CCN(C(=O)OC(C)(C)C)CC2)o1. The smallest absolute Gasteiger partial charge is 0.411 e. The minimum absolute atomic E-state index is 0.0206. The van der Waals surface area contributed by atoms with Gasteiger partial charge in [0.15, 0.2) is 0 Å². The molecule has 3 aliphatic rings. The molecule has 0 saturated carbocycles. The van der Waals surface area contributed by atoms with E-state index in [-0.39, 0.29) is 42.7 Å². The third kappa shape index (κ3) is 7.81. The number of ether oxygens (including phenoxy) is 2. The predicted molar refractivity (Wildman–Crippen MR) is 147 cm³/mol. The molecular formula is C28H46N6O7. The molecule has 3 aliphatic heterocycles. The van der Waals surface area contributed by atoms with E-state index < -0.39 is 17.3 Å². The van der Waals surface area contributed by atoms with Gasteiger partial charge in [0.05, 0.1) is 12.6 Å². The van der Waals surface area contributed by atoms with E-state index in [1.165, 1.54) is 5.06 Å². The van der Waals surface area contributed by atoms with Gasteiger partial charge in [-0.05, 0) is 73.6 Å². The molecule has 4 rings (SSSR count). The zero-order valence-electron chi connectivity index (χ0n) is 25.6. The first-order valence-corrected chi connectivity index (χ1v) is 14.8. The molecule has 1 aromatic rings. The number of carbonyl (C=O) groups excluding carboxylic acids is 3. The normalized spacial score (nSPS) is 21.8. The van der Waals surface area contributed by atoms with E-state index in [9.17, 15) is 14.4 Å². The standard InChI is InChI=1S/C28H46N6O7/c1-8-9-16-38-34-20-10-11-21(33(17-20)24(34)35)23-30-29-22(39-23)18-32(26(37)41-28(5,6)7)19-12-14-31(15-13-19)25(36)40-27(2,3)4/h19-21H,8-18H2,1-7H3/t20-,21-/m0/s1. The molecule has 0 unspecified atom stereocenters. The first-order chi connectivity index (χ1) is 19.3. The molecule has 3 saturated heterocycles. The van der Waals surface area contributed by atoms with Crippen LogP contribution in [0.25, 0.3) is 0 Å². The van der Waals surface area contributed by atoms with Crippen LogP contribution in [0.5, 0.6) is 0 Å². The lowest BCUT2D eigenvalue weighted by molar-refractivity contribution is -0.130. The van der Waals surface area contributed by atoms with Crippen LogP contribution in [0, 0.1) is 0 Å². The molecule has 3 fully saturated rings. The second-order valence-corrected chi connectivity index (χ2v) is 13.0. The molecule has 4 amide bonds. The van der Waals surface area contributed by atoms with Crippen LogP contribution in [0.15, 0.2) is 4.42 Å². The highest BCUT2D eigenvalue weighted by Crippen LogP contribution is 2.38. The van der Waals surface area contributed by atoms with Gasteiger partial charge in [-0.25, -0.2) is 14.4 Å². The van der Waals surface area contributed by atoms with Gasteiger partial charge in [-0.15, -0.1) is 10.2 Å². The van der Waals surface area contributed by atoms with Crippen molar-refractivity contribution in [3.05, 3.63) is 11.8 Å². The van der Waals surface area contributed by atoms with E-state index in [4.69, 9.17) is 18.7 Å². The van der Waals surface area contributed by atoms with Crippen LogP contribution in [-0.2, 0) is 20.9 Å². The Bertz CT molecular complexity index is 1070. The number of fused-ring (bicyclic) bond motifs is 2. The Morgan fingerprint density at radius 3 is 2.32 bits per heavy atom. The second kappa shape index (κ2) is 12.4. The van der Waals surface area contributed by atoms with Gasteiger partial charge < -0.3 is 23.7 Å². The van der Waals surface area contributed by atoms with Crippen molar-refractivity contribution in [1.82, 2.24) is 30.0 Å². The van der Waals surface area contributed by atoms with Crippen molar-refractivity contribution in [3.63, 3.8) is 0 Å². The largest absolute Gasteiger partial charge is 0.444 e. The quantitative estimate of drug-likeness (QED) is 0.396. The van der Waals surface area contributed by atoms with Gasteiger partial charge >= 0.3 is 18.2 Å². The average Bonchev–Trinajstić information content (AvgIpc) is 3.44. The van der Waals surface area contributed by atoms with Crippen molar-refractivity contribution >= 4 is 18.2 Å². The van der Waals surface area contributed by atoms with Crippen LogP contribution in [-0.4, -0.2) is 97.7 Å². The summed E-state index contributed by atoms with van der Waals surface area (Å²) in [6, 6.07) is -0.692. The third-order valence-electron chi connectivity index (χ3n) is 7.31. The summed E-state index contributed by atoms with van der Waals surface area (Å²) in [6.45, 7) is 15.1. The Balaban J connectivity index is 1.43. The number of hydrogen-bond donors (Lipinski definition) is 0. The minimum atomic E-state index is -0.688. The monoisotopic (exact) mass is 578 g/mol. The van der Waals surface area contributed by atoms with Crippen molar-refractivity contribution in [2.24, 2.45) is 0 Å². The number of nitrogens with zero attached hydrogens (tertiary/aromatic N) is 6. The molecule has 0 aromatic carbocycles. The van der Waals surface area contributed by atoms with E-state index in [0.29, 0.717) is 51.4 Å². The van der Waals surface area contributed by atoms with Crippen LogP contribution < -0.4 is 0 Å². The Kier molecular flexibility index (Phi) is 9.35. The Morgan fingerprint density at radius 1 is 1.00 bits per heavy atom. The third-order valence-corrected chi connectivity index (χ3v) is 7.31. The fourth-order valence-corrected chi connectivity index (χ4v) is 5.32. The van der Waals surface area contributed by atoms with Crippen LogP contribution >= 0.6 is 0 Å². The first-order valence-electron chi connectivity index (χ1n) is 14.8. The molecule has 0 spiro atoms. The highest BCUT2D eigenvalue weighted by atomic mass is 16.7. The number of carbonyl (C=O) groups is 3. The number of aromatic nitrogens is 2. The van der Waals surface area contributed by atoms with Gasteiger partial charge in [-0.1, -0.05) is 13.3 Å². The maximum atomic E-state index is 13.3. The highest BCUT2D eigenvalue weighted by Gasteiger charge is 2.48. The summed E-state index contributed by atoms with van der Waals surface area (Å²) in [7, 11) is 0. The molecule has 4 heterocycles. The molecule has 13 heteroatoms. The van der Waals surface area contributed by atoms with Crippen molar-refractivity contribution in [1.29, 1.82) is 0 Å². The maximum Gasteiger partial charge on any atom is 0.411 e. The molecule has 13 nitrogen and oxygen atoms in total. The summed E-state index contributed by atoms with van der Waals surface area (Å²) in [6.07, 6.45) is 3.61. The highest BCUT2D eigenvalue weighted by molar-refractivity contribution is 5.77. The number of rotatable bonds is 8. The van der Waals surface area contributed by atoms with Crippen LogP contribution in [0.2, 0.25) is 0 Å². The van der Waals surface area contributed by atoms with Crippen molar-refractivity contribution in [2.75, 3.05) is 26.2 Å². The number of hydrogen-bond acceptors (Lipinski definition) is 9. The molecule has 1 aromatic heterocycles. The number of amides is 4. The first kappa shape index (κ1) is 30.9. The Labute approximate surface area is 242 Å². The van der Waals surface area contributed by atoms with Crippen molar-refractivity contribution in [2.45, 2.75) is 123 Å². The minimum Gasteiger partial charge on any atom is -0.444 e. The fraction of sp³-hybridized carbons (Fsp3) is 0.821. The maximum absolute atomic E-state index is 13.3. The Morgan fingerprint density at radius 2 is 1.68 bits per heavy atom. The molecule has 2 atom stereocenters. The second-order valence-electron chi connectivity index (χ2n) is 13.0. The predicted octanol–water partition coefficient (Wildman–Crippen LogP) is 4.88. The fourth-order valence-electron chi connectivity index (χ4n) is 5.32. The summed E-state index contributed by atoms with van der Waals surface area (Å²) in [5.74, 6) is 0.622. The summed E-state index contributed by atoms with van der Waals surface area (Å²) < 4.78 is 17.3. The number of piperidine rings is 2. The molecule has 0 aliphatic carbocycles. The number of likely N-dealkylation sites (tertiary alicyclic amines) is 1. The lowest BCUT2D eigenvalue weighted by atomic mass is 10.0. The van der Waals surface area contributed by atoms with Gasteiger partial charge in [-0.2, -0.15) is 5.06 Å². The number of urea groups is 1. The van der Waals surface area contributed by atoms with Gasteiger partial charge in [0, 0.05) is 25.7 Å². The van der Waals surface area contributed by atoms with Gasteiger partial charge in [0.1, 0.15) is 23.8 Å². The van der Waals surface area contributed by atoms with Crippen LogP contribution in [0.3, 0.4) is 0 Å². The van der Waals surface area contributed by atoms with Crippen molar-refractivity contribution < 1.29 is 33.1 Å². The van der Waals surface area contributed by atoms with E-state index in [1.807, 2.05) is 41.5 Å². The molecule has 2 bridgehead atoms. The lowest BCUT2D eigenvalue weighted by Gasteiger charge is -2.38. The van der Waals surface area contributed by atoms with Gasteiger partial charge in [0.2, 0.25) is 11.8 Å². The molecule has 0 radical (unpaired) electrons. The van der Waals surface area contributed by atoms with E-state index in [2.05, 4.69) is 17.1 Å². The van der Waals surface area contributed by atoms with Gasteiger partial charge in [0.25, 0.3) is 0 Å². The topological polar surface area (TPSA) is 131 Å². The number of hydroxylamine groups is 2. The summed E-state index contributed by atoms with van der Waals surface area (Å²) in [5, 5.41) is 10.0. The molecular weight excluding hydrogens is 532 g/mol. The summed E-state index contributed by atoms with van der Waals surface area (Å²) in [4.78, 5) is 49.7. The molecule has 0 N–H and O–H groups in total. The molecule has 41 heavy (non-hydrogen) atoms. The molecule has 230 valence electrons. The average molecular weight is 579 g/mol. The van der Waals surface area contributed by atoms with Crippen molar-refractivity contribution in [3.8, 4) is 0 Å². The van der Waals surface area contributed by atoms with E-state index in [0.717, 1.165) is 19.3 Å². The lowest BCUT2D eigenvalue weighted by Crippen LogP contribution is -2.50. The van der Waals surface area contributed by atoms with E-state index in [1.54, 1.807) is 14.7 Å². The van der Waals surface area contributed by atoms with Gasteiger partial charge in [-0.3, -0.25) is 9.74 Å². The number of unbranched alkanes of at least 4 members (excludes halogenated alkanes) is 1. The van der Waals surface area contributed by atoms with Crippen LogP contribution in [0.4, 0.5) is 14.4 Å². The zero-order chi connectivity index (χ0) is 29.9. The van der Waals surface area contributed by atoms with E-state index >= 15 is 0 Å². The van der Waals surface area contributed by atoms with Crippen LogP contribution in [0.1, 0.15) is 105 Å². The Hall–Kier alpha value is -3.09. The summed E-state index contributed by atoms with van der Waals surface area (Å²) >= 11 is 0. The summed E-state index contributed by atoms with van der Waals surface area (Å²) in [5.41, 5.74) is -1.27.